The molecule has 2 N–H and O–H groups in total. The highest BCUT2D eigenvalue weighted by atomic mass is 16.4. The van der Waals surface area contributed by atoms with Crippen molar-refractivity contribution in [2.24, 2.45) is 5.92 Å². The summed E-state index contributed by atoms with van der Waals surface area (Å²) in [4.78, 5) is 21.4. The highest BCUT2D eigenvalue weighted by molar-refractivity contribution is 5.77. The van der Waals surface area contributed by atoms with Gasteiger partial charge in [0.15, 0.2) is 0 Å². The van der Waals surface area contributed by atoms with Crippen molar-refractivity contribution in [3.8, 4) is 0 Å². The van der Waals surface area contributed by atoms with Crippen LogP contribution < -0.4 is 0 Å². The number of aliphatic carboxylic acids is 2. The lowest BCUT2D eigenvalue weighted by Gasteiger charge is -2.05. The fourth-order valence-electron chi connectivity index (χ4n) is 2.35. The van der Waals surface area contributed by atoms with Crippen molar-refractivity contribution in [1.29, 1.82) is 0 Å². The lowest BCUT2D eigenvalue weighted by atomic mass is 10.0. The van der Waals surface area contributed by atoms with Gasteiger partial charge in [-0.1, -0.05) is 69.8 Å². The average Bonchev–Trinajstić information content (AvgIpc) is 2.50. The van der Waals surface area contributed by atoms with Crippen LogP contribution >= 0.6 is 0 Å². The largest absolute Gasteiger partial charge is 0.481 e. The Morgan fingerprint density at radius 1 is 0.870 bits per heavy atom. The molecule has 0 bridgehead atoms. The topological polar surface area (TPSA) is 74.6 Å². The van der Waals surface area contributed by atoms with Crippen molar-refractivity contribution >= 4 is 11.9 Å². The molecule has 0 radical (unpaired) electrons. The van der Waals surface area contributed by atoms with Crippen LogP contribution in [0.3, 0.4) is 0 Å². The fourth-order valence-corrected chi connectivity index (χ4v) is 2.35. The van der Waals surface area contributed by atoms with Gasteiger partial charge in [0.25, 0.3) is 0 Å². The summed E-state index contributed by atoms with van der Waals surface area (Å²) in [6.07, 6.45) is 18.9. The minimum Gasteiger partial charge on any atom is -0.481 e. The molecule has 0 aromatic rings. The number of allylic oxidation sites excluding steroid dienone is 4. The zero-order chi connectivity index (χ0) is 17.3. The molecule has 0 spiro atoms. The van der Waals surface area contributed by atoms with Gasteiger partial charge < -0.3 is 10.2 Å². The van der Waals surface area contributed by atoms with Crippen molar-refractivity contribution in [2.75, 3.05) is 0 Å². The van der Waals surface area contributed by atoms with Gasteiger partial charge in [-0.05, 0) is 25.7 Å². The van der Waals surface area contributed by atoms with Gasteiger partial charge in [-0.3, -0.25) is 9.59 Å². The lowest BCUT2D eigenvalue weighted by Crippen LogP contribution is -2.16. The highest BCUT2D eigenvalue weighted by Gasteiger charge is 2.18. The van der Waals surface area contributed by atoms with E-state index in [0.29, 0.717) is 0 Å². The van der Waals surface area contributed by atoms with E-state index >= 15 is 0 Å². The molecule has 0 aliphatic carbocycles. The quantitative estimate of drug-likeness (QED) is 0.321. The molecule has 1 unspecified atom stereocenters. The van der Waals surface area contributed by atoms with Crippen LogP contribution in [0, 0.1) is 5.92 Å². The Bertz CT molecular complexity index is 372. The molecule has 0 rings (SSSR count). The molecule has 4 heteroatoms. The van der Waals surface area contributed by atoms with Crippen LogP contribution in [0.1, 0.15) is 77.6 Å². The van der Waals surface area contributed by atoms with Crippen molar-refractivity contribution in [2.45, 2.75) is 77.6 Å². The predicted molar refractivity (Wildman–Crippen MR) is 93.5 cm³/mol. The third-order valence-corrected chi connectivity index (χ3v) is 3.77. The number of carboxylic acid groups (broad SMARTS) is 2. The first-order valence-electron chi connectivity index (χ1n) is 8.82. The van der Waals surface area contributed by atoms with Gasteiger partial charge in [-0.2, -0.15) is 0 Å². The van der Waals surface area contributed by atoms with E-state index in [4.69, 9.17) is 10.2 Å². The van der Waals surface area contributed by atoms with Crippen LogP contribution in [-0.2, 0) is 9.59 Å². The van der Waals surface area contributed by atoms with E-state index in [1.165, 1.54) is 44.9 Å². The third kappa shape index (κ3) is 15.1. The molecule has 0 heterocycles. The Labute approximate surface area is 140 Å². The molecule has 132 valence electrons. The molecule has 1 atom stereocenters. The van der Waals surface area contributed by atoms with Gasteiger partial charge in [-0.25, -0.2) is 0 Å². The fraction of sp³-hybridized carbons (Fsp3) is 0.684. The van der Waals surface area contributed by atoms with Crippen LogP contribution in [0.2, 0.25) is 0 Å². The second kappa shape index (κ2) is 15.3. The number of unbranched alkanes of at least 4 members (excludes halogenated alkanes) is 7. The van der Waals surface area contributed by atoms with Crippen LogP contribution in [0.15, 0.2) is 24.3 Å². The first kappa shape index (κ1) is 21.4. The van der Waals surface area contributed by atoms with Gasteiger partial charge in [0.1, 0.15) is 0 Å². The molecule has 0 fully saturated rings. The molecule has 0 saturated heterocycles. The zero-order valence-electron chi connectivity index (χ0n) is 14.4. The maximum Gasteiger partial charge on any atom is 0.307 e. The molecule has 0 aromatic carbocycles. The van der Waals surface area contributed by atoms with Crippen molar-refractivity contribution in [1.82, 2.24) is 0 Å². The summed E-state index contributed by atoms with van der Waals surface area (Å²) >= 11 is 0. The maximum atomic E-state index is 10.9. The minimum absolute atomic E-state index is 0.271. The van der Waals surface area contributed by atoms with Gasteiger partial charge >= 0.3 is 11.9 Å². The molecule has 23 heavy (non-hydrogen) atoms. The van der Waals surface area contributed by atoms with E-state index in [-0.39, 0.29) is 12.8 Å². The third-order valence-electron chi connectivity index (χ3n) is 3.77. The first-order chi connectivity index (χ1) is 11.1. The van der Waals surface area contributed by atoms with E-state index < -0.39 is 17.9 Å². The first-order valence-corrected chi connectivity index (χ1v) is 8.82. The Kier molecular flexibility index (Phi) is 14.3. The average molecular weight is 324 g/mol. The maximum absolute atomic E-state index is 10.9. The molecular weight excluding hydrogens is 292 g/mol. The summed E-state index contributed by atoms with van der Waals surface area (Å²) in [5, 5.41) is 17.5. The van der Waals surface area contributed by atoms with Gasteiger partial charge in [0.2, 0.25) is 0 Å². The number of rotatable bonds is 15. The van der Waals surface area contributed by atoms with E-state index in [1.807, 2.05) is 6.08 Å². The highest BCUT2D eigenvalue weighted by Crippen LogP contribution is 2.11. The van der Waals surface area contributed by atoms with Crippen molar-refractivity contribution in [3.63, 3.8) is 0 Å². The molecule has 0 aromatic heterocycles. The van der Waals surface area contributed by atoms with E-state index in [0.717, 1.165) is 12.8 Å². The van der Waals surface area contributed by atoms with Crippen LogP contribution in [-0.4, -0.2) is 22.2 Å². The number of hydrogen-bond donors (Lipinski definition) is 2. The van der Waals surface area contributed by atoms with E-state index in [1.54, 1.807) is 6.08 Å². The predicted octanol–water partition coefficient (Wildman–Crippen LogP) is 5.20. The van der Waals surface area contributed by atoms with Gasteiger partial charge in [0.05, 0.1) is 12.3 Å². The summed E-state index contributed by atoms with van der Waals surface area (Å²) in [6.45, 7) is 2.23. The standard InChI is InChI=1S/C19H32O4/c1-2-3-4-5-6-7-8-9-10-11-12-13-14-15-17(19(22)23)16-18(20)21/h10-11,13-14,17H,2-9,12,15-16H2,1H3,(H,20,21)(H,22,23)/b11-10+,14-13+. The lowest BCUT2D eigenvalue weighted by molar-refractivity contribution is -0.148. The van der Waals surface area contributed by atoms with Gasteiger partial charge in [0, 0.05) is 0 Å². The van der Waals surface area contributed by atoms with Crippen LogP contribution in [0.4, 0.5) is 0 Å². The number of carboxylic acids is 2. The molecule has 0 amide bonds. The Morgan fingerprint density at radius 3 is 2.09 bits per heavy atom. The van der Waals surface area contributed by atoms with Crippen molar-refractivity contribution in [3.05, 3.63) is 24.3 Å². The summed E-state index contributed by atoms with van der Waals surface area (Å²) in [5.41, 5.74) is 0. The Morgan fingerprint density at radius 2 is 1.48 bits per heavy atom. The molecule has 4 nitrogen and oxygen atoms in total. The Hall–Kier alpha value is -1.58. The second-order valence-corrected chi connectivity index (χ2v) is 5.96. The zero-order valence-corrected chi connectivity index (χ0v) is 14.4. The van der Waals surface area contributed by atoms with Gasteiger partial charge in [-0.15, -0.1) is 0 Å². The van der Waals surface area contributed by atoms with E-state index in [2.05, 4.69) is 19.1 Å². The summed E-state index contributed by atoms with van der Waals surface area (Å²) in [6, 6.07) is 0. The second-order valence-electron chi connectivity index (χ2n) is 5.96. The molecular formula is C19H32O4. The smallest absolute Gasteiger partial charge is 0.307 e. The number of hydrogen-bond acceptors (Lipinski definition) is 2. The minimum atomic E-state index is -1.07. The van der Waals surface area contributed by atoms with Crippen LogP contribution in [0.5, 0.6) is 0 Å². The van der Waals surface area contributed by atoms with Crippen LogP contribution in [0.25, 0.3) is 0 Å². The summed E-state index contributed by atoms with van der Waals surface area (Å²) in [5.74, 6) is -2.95. The SMILES string of the molecule is CCCCCCCCC/C=C/C/C=C/CC(CC(=O)O)C(=O)O. The molecule has 0 aliphatic heterocycles. The molecule has 0 aliphatic rings. The summed E-state index contributed by atoms with van der Waals surface area (Å²) < 4.78 is 0. The summed E-state index contributed by atoms with van der Waals surface area (Å²) in [7, 11) is 0. The monoisotopic (exact) mass is 324 g/mol. The van der Waals surface area contributed by atoms with E-state index in [9.17, 15) is 9.59 Å². The normalized spacial score (nSPS) is 12.9. The molecule has 0 saturated carbocycles. The van der Waals surface area contributed by atoms with Crippen molar-refractivity contribution < 1.29 is 19.8 Å². The Balaban J connectivity index is 3.61. The number of carbonyl (C=O) groups is 2.